The molecule has 10 heteroatoms. The van der Waals surface area contributed by atoms with Crippen LogP contribution in [-0.4, -0.2) is 49.9 Å². The highest BCUT2D eigenvalue weighted by molar-refractivity contribution is 7.86. The Morgan fingerprint density at radius 3 is 2.57 bits per heavy atom. The summed E-state index contributed by atoms with van der Waals surface area (Å²) in [5.41, 5.74) is 2.74. The highest BCUT2D eigenvalue weighted by atomic mass is 32.2. The third-order valence-electron chi connectivity index (χ3n) is 5.28. The van der Waals surface area contributed by atoms with Crippen molar-refractivity contribution >= 4 is 49.6 Å². The van der Waals surface area contributed by atoms with Crippen molar-refractivity contribution in [1.82, 2.24) is 9.97 Å². The summed E-state index contributed by atoms with van der Waals surface area (Å²) in [7, 11) is -2.13. The lowest BCUT2D eigenvalue weighted by Gasteiger charge is -2.17. The van der Waals surface area contributed by atoms with E-state index < -0.39 is 22.8 Å². The average Bonchev–Trinajstić information content (AvgIpc) is 3.31. The van der Waals surface area contributed by atoms with Crippen LogP contribution in [0.25, 0.3) is 22.4 Å². The molecule has 0 aliphatic rings. The minimum atomic E-state index is -3.96. The topological polar surface area (TPSA) is 111 Å². The quantitative estimate of drug-likeness (QED) is 0.205. The van der Waals surface area contributed by atoms with Crippen LogP contribution in [-0.2, 0) is 14.3 Å². The van der Waals surface area contributed by atoms with Gasteiger partial charge in [-0.3, -0.25) is 4.18 Å². The van der Waals surface area contributed by atoms with E-state index in [0.717, 1.165) is 32.2 Å². The largest absolute Gasteiger partial charge is 0.486 e. The number of nitrogens with one attached hydrogen (secondary N) is 1. The molecule has 0 saturated carbocycles. The van der Waals surface area contributed by atoms with Gasteiger partial charge in [-0.25, -0.2) is 9.97 Å². The molecule has 1 atom stereocenters. The van der Waals surface area contributed by atoms with Crippen LogP contribution in [0.1, 0.15) is 16.1 Å². The third-order valence-corrected chi connectivity index (χ3v) is 7.56. The summed E-state index contributed by atoms with van der Waals surface area (Å²) in [6.45, 7) is 1.14. The van der Waals surface area contributed by atoms with Crippen LogP contribution in [0, 0.1) is 6.92 Å². The Labute approximate surface area is 220 Å². The second kappa shape index (κ2) is 12.1. The zero-order chi connectivity index (χ0) is 26.3. The molecule has 0 aliphatic carbocycles. The van der Waals surface area contributed by atoms with Crippen LogP contribution in [0.15, 0.2) is 77.8 Å². The van der Waals surface area contributed by atoms with E-state index in [1.807, 2.05) is 62.5 Å². The van der Waals surface area contributed by atoms with Gasteiger partial charge in [0.05, 0.1) is 21.7 Å². The molecule has 0 amide bonds. The SMILES string of the molecule is CNc1ccc(/C=C/C=C/c2nc3ccc(OC(CO)COS(=O)(=O)c4ccc(C)cc4)cc3s2)cn1. The van der Waals surface area contributed by atoms with E-state index in [2.05, 4.69) is 15.3 Å². The number of hydrogen-bond donors (Lipinski definition) is 2. The van der Waals surface area contributed by atoms with Crippen LogP contribution in [0.5, 0.6) is 5.75 Å². The van der Waals surface area contributed by atoms with Crippen LogP contribution in [0.4, 0.5) is 5.82 Å². The summed E-state index contributed by atoms with van der Waals surface area (Å²) in [4.78, 5) is 8.93. The number of aliphatic hydroxyl groups excluding tert-OH is 1. The average molecular weight is 538 g/mol. The van der Waals surface area contributed by atoms with Crippen molar-refractivity contribution in [1.29, 1.82) is 0 Å². The molecule has 8 nitrogen and oxygen atoms in total. The van der Waals surface area contributed by atoms with Crippen molar-refractivity contribution < 1.29 is 22.4 Å². The molecule has 0 fully saturated rings. The minimum Gasteiger partial charge on any atom is -0.486 e. The van der Waals surface area contributed by atoms with Crippen molar-refractivity contribution in [3.05, 3.63) is 89.1 Å². The molecule has 4 rings (SSSR count). The second-order valence-corrected chi connectivity index (χ2v) is 10.8. The fraction of sp³-hybridized carbons (Fsp3) is 0.185. The van der Waals surface area contributed by atoms with E-state index in [4.69, 9.17) is 8.92 Å². The van der Waals surface area contributed by atoms with Gasteiger partial charge in [0.1, 0.15) is 29.3 Å². The van der Waals surface area contributed by atoms with Gasteiger partial charge in [-0.05, 0) is 61.0 Å². The summed E-state index contributed by atoms with van der Waals surface area (Å²) in [5, 5.41) is 13.5. The van der Waals surface area contributed by atoms with Gasteiger partial charge in [-0.2, -0.15) is 8.42 Å². The molecule has 192 valence electrons. The normalized spacial score (nSPS) is 12.9. The summed E-state index contributed by atoms with van der Waals surface area (Å²) in [5.74, 6) is 1.30. The maximum Gasteiger partial charge on any atom is 0.297 e. The lowest BCUT2D eigenvalue weighted by atomic mass is 10.2. The number of aliphatic hydroxyl groups is 1. The van der Waals surface area contributed by atoms with Gasteiger partial charge in [0.2, 0.25) is 0 Å². The molecule has 2 aromatic carbocycles. The molecular weight excluding hydrogens is 510 g/mol. The van der Waals surface area contributed by atoms with E-state index in [9.17, 15) is 13.5 Å². The van der Waals surface area contributed by atoms with E-state index in [1.165, 1.54) is 23.5 Å². The third kappa shape index (κ3) is 7.23. The molecule has 0 saturated heterocycles. The van der Waals surface area contributed by atoms with E-state index in [1.54, 1.807) is 24.4 Å². The molecule has 2 heterocycles. The monoisotopic (exact) mass is 537 g/mol. The lowest BCUT2D eigenvalue weighted by Crippen LogP contribution is -2.28. The Bertz CT molecular complexity index is 1500. The van der Waals surface area contributed by atoms with E-state index >= 15 is 0 Å². The fourth-order valence-electron chi connectivity index (χ4n) is 3.28. The maximum atomic E-state index is 12.4. The predicted molar refractivity (Wildman–Crippen MR) is 147 cm³/mol. The Hall–Kier alpha value is -3.57. The number of hydrogen-bond acceptors (Lipinski definition) is 9. The summed E-state index contributed by atoms with van der Waals surface area (Å²) in [6.07, 6.45) is 8.64. The number of rotatable bonds is 11. The number of pyridine rings is 1. The van der Waals surface area contributed by atoms with Crippen LogP contribution < -0.4 is 10.1 Å². The number of allylic oxidation sites excluding steroid dienone is 2. The Kier molecular flexibility index (Phi) is 8.67. The first kappa shape index (κ1) is 26.5. The predicted octanol–water partition coefficient (Wildman–Crippen LogP) is 4.91. The summed E-state index contributed by atoms with van der Waals surface area (Å²) in [6, 6.07) is 15.6. The van der Waals surface area contributed by atoms with Crippen LogP contribution in [0.3, 0.4) is 0 Å². The standard InChI is InChI=1S/C27H27N3O5S2/c1-19-7-11-23(12-8-19)37(32,33)34-18-22(17-31)35-21-10-13-24-25(15-21)36-27(30-24)6-4-3-5-20-9-14-26(28-2)29-16-20/h3-16,22,31H,17-18H2,1-2H3,(H,28,29)/b5-3+,6-4+. The minimum absolute atomic E-state index is 0.0552. The Morgan fingerprint density at radius 2 is 1.86 bits per heavy atom. The maximum absolute atomic E-state index is 12.4. The smallest absolute Gasteiger partial charge is 0.297 e. The number of aryl methyl sites for hydroxylation is 1. The zero-order valence-corrected chi connectivity index (χ0v) is 22.0. The molecule has 0 spiro atoms. The molecular formula is C27H27N3O5S2. The van der Waals surface area contributed by atoms with Gasteiger partial charge in [0, 0.05) is 13.2 Å². The summed E-state index contributed by atoms with van der Waals surface area (Å²) >= 11 is 1.49. The zero-order valence-electron chi connectivity index (χ0n) is 20.4. The van der Waals surface area contributed by atoms with Gasteiger partial charge in [-0.1, -0.05) is 35.9 Å². The lowest BCUT2D eigenvalue weighted by molar-refractivity contribution is 0.0742. The molecule has 37 heavy (non-hydrogen) atoms. The molecule has 2 aromatic heterocycles. The highest BCUT2D eigenvalue weighted by Crippen LogP contribution is 2.28. The number of benzene rings is 2. The fourth-order valence-corrected chi connectivity index (χ4v) is 5.12. The first-order valence-corrected chi connectivity index (χ1v) is 13.7. The van der Waals surface area contributed by atoms with Crippen molar-refractivity contribution in [2.45, 2.75) is 17.9 Å². The number of aromatic nitrogens is 2. The van der Waals surface area contributed by atoms with Crippen molar-refractivity contribution in [3.63, 3.8) is 0 Å². The molecule has 0 radical (unpaired) electrons. The van der Waals surface area contributed by atoms with Gasteiger partial charge in [0.25, 0.3) is 10.1 Å². The van der Waals surface area contributed by atoms with E-state index in [-0.39, 0.29) is 11.5 Å². The Balaban J connectivity index is 1.37. The number of ether oxygens (including phenoxy) is 1. The molecule has 2 N–H and O–H groups in total. The number of nitrogens with zero attached hydrogens (tertiary/aromatic N) is 2. The molecule has 1 unspecified atom stereocenters. The first-order valence-electron chi connectivity index (χ1n) is 11.5. The van der Waals surface area contributed by atoms with Gasteiger partial charge in [-0.15, -0.1) is 11.3 Å². The summed E-state index contributed by atoms with van der Waals surface area (Å²) < 4.78 is 36.7. The number of fused-ring (bicyclic) bond motifs is 1. The molecule has 0 aliphatic heterocycles. The first-order chi connectivity index (χ1) is 17.9. The molecule has 4 aromatic rings. The van der Waals surface area contributed by atoms with Crippen molar-refractivity contribution in [2.75, 3.05) is 25.6 Å². The molecule has 0 bridgehead atoms. The van der Waals surface area contributed by atoms with E-state index in [0.29, 0.717) is 5.75 Å². The van der Waals surface area contributed by atoms with Gasteiger partial charge >= 0.3 is 0 Å². The van der Waals surface area contributed by atoms with Crippen molar-refractivity contribution in [3.8, 4) is 5.75 Å². The highest BCUT2D eigenvalue weighted by Gasteiger charge is 2.19. The number of anilines is 1. The Morgan fingerprint density at radius 1 is 1.08 bits per heavy atom. The van der Waals surface area contributed by atoms with Gasteiger partial charge < -0.3 is 15.2 Å². The van der Waals surface area contributed by atoms with Crippen molar-refractivity contribution in [2.24, 2.45) is 0 Å². The van der Waals surface area contributed by atoms with Gasteiger partial charge in [0.15, 0.2) is 0 Å². The van der Waals surface area contributed by atoms with Crippen LogP contribution in [0.2, 0.25) is 0 Å². The number of thiazole rings is 1. The van der Waals surface area contributed by atoms with Crippen LogP contribution >= 0.6 is 11.3 Å². The second-order valence-electron chi connectivity index (χ2n) is 8.10.